The first kappa shape index (κ1) is 21.3. The number of rotatable bonds is 7. The van der Waals surface area contributed by atoms with Crippen LogP contribution in [0.15, 0.2) is 49.6 Å². The number of hydrogen-bond acceptors (Lipinski definition) is 3. The molecule has 3 aliphatic rings. The van der Waals surface area contributed by atoms with E-state index in [1.54, 1.807) is 11.1 Å². The molecule has 4 rings (SSSR count). The molecule has 0 spiro atoms. The molecule has 2 fully saturated rings. The van der Waals surface area contributed by atoms with Crippen LogP contribution in [0, 0.1) is 5.92 Å². The maximum Gasteiger partial charge on any atom is 0.227 e. The topological polar surface area (TPSA) is 26.8 Å². The number of hydrogen-bond donors (Lipinski definition) is 0. The van der Waals surface area contributed by atoms with Gasteiger partial charge in [-0.15, -0.1) is 13.2 Å². The summed E-state index contributed by atoms with van der Waals surface area (Å²) in [6, 6.07) is 10.3. The molecule has 30 heavy (non-hydrogen) atoms. The zero-order valence-corrected chi connectivity index (χ0v) is 18.3. The predicted octanol–water partition coefficient (Wildman–Crippen LogP) is 3.53. The van der Waals surface area contributed by atoms with Gasteiger partial charge in [-0.05, 0) is 69.3 Å². The largest absolute Gasteiger partial charge is 0.335 e. The number of fused-ring (bicyclic) bond motifs is 1. The minimum Gasteiger partial charge on any atom is -0.335 e. The lowest BCUT2D eigenvalue weighted by molar-refractivity contribution is -0.136. The van der Waals surface area contributed by atoms with Gasteiger partial charge >= 0.3 is 0 Å². The van der Waals surface area contributed by atoms with E-state index in [-0.39, 0.29) is 11.8 Å². The van der Waals surface area contributed by atoms with Crippen LogP contribution in [0.3, 0.4) is 0 Å². The Balaban J connectivity index is 1.29. The monoisotopic (exact) mass is 407 g/mol. The average Bonchev–Trinajstić information content (AvgIpc) is 3.23. The Morgan fingerprint density at radius 2 is 1.57 bits per heavy atom. The van der Waals surface area contributed by atoms with E-state index in [9.17, 15) is 4.79 Å². The molecule has 162 valence electrons. The number of amides is 1. The van der Waals surface area contributed by atoms with Crippen LogP contribution in [0.5, 0.6) is 0 Å². The molecule has 0 N–H and O–H groups in total. The van der Waals surface area contributed by atoms with Crippen molar-refractivity contribution in [1.82, 2.24) is 14.7 Å². The Labute approximate surface area is 182 Å². The number of carbonyl (C=O) groups excluding carboxylic acids is 1. The molecular formula is C26H37N3O. The minimum atomic E-state index is 0.126. The van der Waals surface area contributed by atoms with Crippen molar-refractivity contribution in [1.29, 1.82) is 0 Å². The standard InChI is InChI=1S/C26H37N3O/c1-3-13-28(14-4-2)26(30)23-10-7-15-29(20-23)24-11-16-27(17-12-24)25-18-21-8-5-6-9-22(21)19-25/h3-6,8-9,23-25H,1-2,7,10-20H2/t23-/m0/s1. The first-order chi connectivity index (χ1) is 14.7. The molecule has 0 saturated carbocycles. The van der Waals surface area contributed by atoms with Crippen molar-refractivity contribution in [3.63, 3.8) is 0 Å². The molecule has 1 aromatic carbocycles. The molecule has 2 aliphatic heterocycles. The summed E-state index contributed by atoms with van der Waals surface area (Å²) in [5.74, 6) is 0.404. The van der Waals surface area contributed by atoms with Gasteiger partial charge in [0.05, 0.1) is 5.92 Å². The van der Waals surface area contributed by atoms with Crippen molar-refractivity contribution in [3.05, 3.63) is 60.7 Å². The Morgan fingerprint density at radius 3 is 2.17 bits per heavy atom. The molecule has 1 atom stereocenters. The Morgan fingerprint density at radius 1 is 0.933 bits per heavy atom. The van der Waals surface area contributed by atoms with Gasteiger partial charge in [-0.25, -0.2) is 0 Å². The van der Waals surface area contributed by atoms with Gasteiger partial charge in [0.1, 0.15) is 0 Å². The summed E-state index contributed by atoms with van der Waals surface area (Å²) < 4.78 is 0. The third kappa shape index (κ3) is 4.70. The average molecular weight is 408 g/mol. The lowest BCUT2D eigenvalue weighted by Crippen LogP contribution is -2.52. The van der Waals surface area contributed by atoms with Crippen molar-refractivity contribution in [2.24, 2.45) is 5.92 Å². The predicted molar refractivity (Wildman–Crippen MR) is 124 cm³/mol. The minimum absolute atomic E-state index is 0.126. The van der Waals surface area contributed by atoms with Crippen molar-refractivity contribution >= 4 is 5.91 Å². The second-order valence-corrected chi connectivity index (χ2v) is 9.25. The fourth-order valence-electron chi connectivity index (χ4n) is 5.77. The third-order valence-corrected chi connectivity index (χ3v) is 7.37. The molecular weight excluding hydrogens is 370 g/mol. The second kappa shape index (κ2) is 9.93. The summed E-state index contributed by atoms with van der Waals surface area (Å²) in [4.78, 5) is 20.3. The van der Waals surface area contributed by atoms with Crippen LogP contribution >= 0.6 is 0 Å². The Bertz CT molecular complexity index is 717. The highest BCUT2D eigenvalue weighted by molar-refractivity contribution is 5.79. The quantitative estimate of drug-likeness (QED) is 0.647. The third-order valence-electron chi connectivity index (χ3n) is 7.37. The highest BCUT2D eigenvalue weighted by Crippen LogP contribution is 2.30. The van der Waals surface area contributed by atoms with Crippen LogP contribution in [0.1, 0.15) is 36.8 Å². The summed E-state index contributed by atoms with van der Waals surface area (Å²) in [5.41, 5.74) is 3.09. The van der Waals surface area contributed by atoms with Gasteiger partial charge in [0.2, 0.25) is 5.91 Å². The van der Waals surface area contributed by atoms with E-state index in [0.29, 0.717) is 25.2 Å². The van der Waals surface area contributed by atoms with Crippen LogP contribution in [0.2, 0.25) is 0 Å². The van der Waals surface area contributed by atoms with Crippen LogP contribution in [0.4, 0.5) is 0 Å². The van der Waals surface area contributed by atoms with Gasteiger partial charge in [0.25, 0.3) is 0 Å². The zero-order chi connectivity index (χ0) is 20.9. The first-order valence-electron chi connectivity index (χ1n) is 11.7. The maximum absolute atomic E-state index is 13.0. The molecule has 1 aromatic rings. The number of nitrogens with zero attached hydrogens (tertiary/aromatic N) is 3. The summed E-state index contributed by atoms with van der Waals surface area (Å²) in [6.45, 7) is 13.3. The molecule has 1 aliphatic carbocycles. The molecule has 0 radical (unpaired) electrons. The van der Waals surface area contributed by atoms with Crippen LogP contribution in [0.25, 0.3) is 0 Å². The summed E-state index contributed by atoms with van der Waals surface area (Å²) in [6.07, 6.45) is 10.7. The molecule has 0 bridgehead atoms. The molecule has 2 saturated heterocycles. The van der Waals surface area contributed by atoms with Crippen LogP contribution in [-0.2, 0) is 17.6 Å². The van der Waals surface area contributed by atoms with E-state index in [1.807, 2.05) is 17.1 Å². The van der Waals surface area contributed by atoms with E-state index in [0.717, 1.165) is 25.9 Å². The zero-order valence-electron chi connectivity index (χ0n) is 18.3. The van der Waals surface area contributed by atoms with Crippen molar-refractivity contribution in [3.8, 4) is 0 Å². The fraction of sp³-hybridized carbons (Fsp3) is 0.577. The fourth-order valence-corrected chi connectivity index (χ4v) is 5.77. The highest BCUT2D eigenvalue weighted by atomic mass is 16.2. The Hall–Kier alpha value is -1.91. The maximum atomic E-state index is 13.0. The van der Waals surface area contributed by atoms with Crippen LogP contribution < -0.4 is 0 Å². The van der Waals surface area contributed by atoms with E-state index < -0.39 is 0 Å². The van der Waals surface area contributed by atoms with Gasteiger partial charge in [0, 0.05) is 31.7 Å². The van der Waals surface area contributed by atoms with E-state index in [4.69, 9.17) is 0 Å². The molecule has 4 heteroatoms. The van der Waals surface area contributed by atoms with E-state index >= 15 is 0 Å². The first-order valence-corrected chi connectivity index (χ1v) is 11.7. The van der Waals surface area contributed by atoms with E-state index in [2.05, 4.69) is 47.2 Å². The van der Waals surface area contributed by atoms with E-state index in [1.165, 1.54) is 38.8 Å². The smallest absolute Gasteiger partial charge is 0.227 e. The van der Waals surface area contributed by atoms with Crippen molar-refractivity contribution in [2.45, 2.75) is 50.6 Å². The van der Waals surface area contributed by atoms with Crippen molar-refractivity contribution < 1.29 is 4.79 Å². The lowest BCUT2D eigenvalue weighted by atomic mass is 9.92. The van der Waals surface area contributed by atoms with Gasteiger partial charge in [-0.1, -0.05) is 36.4 Å². The van der Waals surface area contributed by atoms with Gasteiger partial charge < -0.3 is 4.90 Å². The number of piperidine rings is 2. The highest BCUT2D eigenvalue weighted by Gasteiger charge is 2.35. The number of carbonyl (C=O) groups is 1. The van der Waals surface area contributed by atoms with Crippen LogP contribution in [-0.4, -0.2) is 72.0 Å². The van der Waals surface area contributed by atoms with Gasteiger partial charge in [-0.2, -0.15) is 0 Å². The normalized spacial score (nSPS) is 23.8. The van der Waals surface area contributed by atoms with Gasteiger partial charge in [-0.3, -0.25) is 14.6 Å². The molecule has 0 aromatic heterocycles. The SMILES string of the molecule is C=CCN(CC=C)C(=O)[C@H]1CCCN(C2CCN(C3Cc4ccccc4C3)CC2)C1. The molecule has 2 heterocycles. The van der Waals surface area contributed by atoms with Gasteiger partial charge in [0.15, 0.2) is 0 Å². The molecule has 1 amide bonds. The number of benzene rings is 1. The summed E-state index contributed by atoms with van der Waals surface area (Å²) >= 11 is 0. The molecule has 0 unspecified atom stereocenters. The number of likely N-dealkylation sites (tertiary alicyclic amines) is 2. The Kier molecular flexibility index (Phi) is 7.06. The second-order valence-electron chi connectivity index (χ2n) is 9.25. The summed E-state index contributed by atoms with van der Waals surface area (Å²) in [7, 11) is 0. The van der Waals surface area contributed by atoms with Crippen molar-refractivity contribution in [2.75, 3.05) is 39.3 Å². The lowest BCUT2D eigenvalue weighted by Gasteiger charge is -2.44. The summed E-state index contributed by atoms with van der Waals surface area (Å²) in [5, 5.41) is 0. The molecule has 4 nitrogen and oxygen atoms in total.